The van der Waals surface area contributed by atoms with Crippen LogP contribution in [0.1, 0.15) is 24.0 Å². The fourth-order valence-electron chi connectivity index (χ4n) is 4.53. The number of likely N-dealkylation sites (N-methyl/N-ethyl adjacent to an activating group) is 1. The summed E-state index contributed by atoms with van der Waals surface area (Å²) in [7, 11) is 1.81. The van der Waals surface area contributed by atoms with Gasteiger partial charge in [-0.25, -0.2) is 0 Å². The van der Waals surface area contributed by atoms with E-state index in [9.17, 15) is 9.59 Å². The number of carbonyl (C=O) groups excluding carboxylic acids is 2. The molecule has 0 radical (unpaired) electrons. The van der Waals surface area contributed by atoms with Crippen molar-refractivity contribution in [2.45, 2.75) is 24.7 Å². The lowest BCUT2D eigenvalue weighted by molar-refractivity contribution is -0.136. The minimum atomic E-state index is -0.844. The zero-order valence-corrected chi connectivity index (χ0v) is 16.4. The molecule has 2 aliphatic rings. The molecule has 1 atom stereocenters. The van der Waals surface area contributed by atoms with Gasteiger partial charge in [-0.1, -0.05) is 48.5 Å². The Morgan fingerprint density at radius 2 is 1.79 bits per heavy atom. The van der Waals surface area contributed by atoms with E-state index in [0.29, 0.717) is 13.0 Å². The second kappa shape index (κ2) is 7.76. The first-order chi connectivity index (χ1) is 13.6. The molecule has 0 aromatic heterocycles. The van der Waals surface area contributed by atoms with E-state index < -0.39 is 5.41 Å². The normalized spacial score (nSPS) is 22.1. The largest absolute Gasteiger partial charge is 0.341 e. The Morgan fingerprint density at radius 3 is 2.61 bits per heavy atom. The van der Waals surface area contributed by atoms with E-state index >= 15 is 0 Å². The SMILES string of the molecule is CN1C(=O)[C@](CC(=O)N2CCCNCC2)(Cc2ccccc2)c2ccccc21. The lowest BCUT2D eigenvalue weighted by Crippen LogP contribution is -2.46. The van der Waals surface area contributed by atoms with Gasteiger partial charge in [-0.3, -0.25) is 9.59 Å². The minimum absolute atomic E-state index is 0.0128. The highest BCUT2D eigenvalue weighted by molar-refractivity contribution is 6.09. The van der Waals surface area contributed by atoms with Crippen LogP contribution >= 0.6 is 0 Å². The van der Waals surface area contributed by atoms with Gasteiger partial charge in [0, 0.05) is 38.8 Å². The number of anilines is 1. The summed E-state index contributed by atoms with van der Waals surface area (Å²) in [5.41, 5.74) is 2.11. The third-order valence-corrected chi connectivity index (χ3v) is 5.99. The van der Waals surface area contributed by atoms with Crippen LogP contribution in [-0.2, 0) is 21.4 Å². The summed E-state index contributed by atoms with van der Waals surface area (Å²) < 4.78 is 0. The molecule has 0 aliphatic carbocycles. The number of hydrogen-bond acceptors (Lipinski definition) is 3. The Labute approximate surface area is 166 Å². The molecule has 28 heavy (non-hydrogen) atoms. The van der Waals surface area contributed by atoms with Crippen LogP contribution in [0.2, 0.25) is 0 Å². The average molecular weight is 377 g/mol. The predicted octanol–water partition coefficient (Wildman–Crippen LogP) is 2.36. The summed E-state index contributed by atoms with van der Waals surface area (Å²) in [5.74, 6) is 0.0805. The van der Waals surface area contributed by atoms with Crippen molar-refractivity contribution in [3.63, 3.8) is 0 Å². The molecule has 1 fully saturated rings. The molecule has 0 saturated carbocycles. The van der Waals surface area contributed by atoms with Gasteiger partial charge in [0.15, 0.2) is 0 Å². The fraction of sp³-hybridized carbons (Fsp3) is 0.391. The maximum absolute atomic E-state index is 13.5. The lowest BCUT2D eigenvalue weighted by Gasteiger charge is -2.31. The molecule has 0 unspecified atom stereocenters. The van der Waals surface area contributed by atoms with Crippen LogP contribution in [0.5, 0.6) is 0 Å². The van der Waals surface area contributed by atoms with Crippen LogP contribution in [0.25, 0.3) is 0 Å². The Balaban J connectivity index is 1.72. The number of nitrogens with zero attached hydrogens (tertiary/aromatic N) is 2. The summed E-state index contributed by atoms with van der Waals surface area (Å²) >= 11 is 0. The standard InChI is InChI=1S/C23H27N3O2/c1-25-20-11-6-5-10-19(20)23(22(25)28,16-18-8-3-2-4-9-18)17-21(27)26-14-7-12-24-13-15-26/h2-6,8-11,24H,7,12-17H2,1H3/t23-/m0/s1. The van der Waals surface area contributed by atoms with Crippen molar-refractivity contribution < 1.29 is 9.59 Å². The summed E-state index contributed by atoms with van der Waals surface area (Å²) in [4.78, 5) is 30.4. The van der Waals surface area contributed by atoms with Gasteiger partial charge in [-0.2, -0.15) is 0 Å². The number of hydrogen-bond donors (Lipinski definition) is 1. The van der Waals surface area contributed by atoms with Gasteiger partial charge in [0.05, 0.1) is 5.41 Å². The van der Waals surface area contributed by atoms with E-state index in [1.54, 1.807) is 4.90 Å². The second-order valence-electron chi connectivity index (χ2n) is 7.79. The third-order valence-electron chi connectivity index (χ3n) is 5.99. The fourth-order valence-corrected chi connectivity index (χ4v) is 4.53. The molecule has 1 saturated heterocycles. The molecule has 2 aromatic carbocycles. The molecule has 4 rings (SSSR count). The first kappa shape index (κ1) is 18.7. The first-order valence-electron chi connectivity index (χ1n) is 10.0. The van der Waals surface area contributed by atoms with Crippen molar-refractivity contribution in [3.8, 4) is 0 Å². The van der Waals surface area contributed by atoms with E-state index in [1.807, 2.05) is 66.5 Å². The van der Waals surface area contributed by atoms with Crippen LogP contribution in [0, 0.1) is 0 Å². The molecule has 5 heteroatoms. The summed E-state index contributed by atoms with van der Waals surface area (Å²) in [6.07, 6.45) is 1.69. The average Bonchev–Trinajstić information content (AvgIpc) is 2.93. The molecule has 0 spiro atoms. The monoisotopic (exact) mass is 377 g/mol. The van der Waals surface area contributed by atoms with Crippen molar-refractivity contribution in [1.29, 1.82) is 0 Å². The van der Waals surface area contributed by atoms with Gasteiger partial charge in [0.1, 0.15) is 0 Å². The van der Waals surface area contributed by atoms with E-state index in [4.69, 9.17) is 0 Å². The summed E-state index contributed by atoms with van der Waals surface area (Å²) in [6, 6.07) is 17.9. The van der Waals surface area contributed by atoms with E-state index in [-0.39, 0.29) is 18.2 Å². The van der Waals surface area contributed by atoms with Crippen LogP contribution in [0.3, 0.4) is 0 Å². The highest BCUT2D eigenvalue weighted by Gasteiger charge is 2.51. The van der Waals surface area contributed by atoms with E-state index in [1.165, 1.54) is 0 Å². The quantitative estimate of drug-likeness (QED) is 0.890. The maximum Gasteiger partial charge on any atom is 0.238 e. The molecular formula is C23H27N3O2. The van der Waals surface area contributed by atoms with E-state index in [2.05, 4.69) is 5.32 Å². The van der Waals surface area contributed by atoms with Crippen LogP contribution in [0.4, 0.5) is 5.69 Å². The summed E-state index contributed by atoms with van der Waals surface area (Å²) in [5, 5.41) is 3.34. The topological polar surface area (TPSA) is 52.7 Å². The number of fused-ring (bicyclic) bond motifs is 1. The summed E-state index contributed by atoms with van der Waals surface area (Å²) in [6.45, 7) is 3.19. The number of amides is 2. The number of benzene rings is 2. The smallest absolute Gasteiger partial charge is 0.238 e. The van der Waals surface area contributed by atoms with Crippen molar-refractivity contribution in [2.24, 2.45) is 0 Å². The van der Waals surface area contributed by atoms with Crippen LogP contribution in [-0.4, -0.2) is 49.9 Å². The van der Waals surface area contributed by atoms with Crippen molar-refractivity contribution in [2.75, 3.05) is 38.1 Å². The van der Waals surface area contributed by atoms with Crippen molar-refractivity contribution in [1.82, 2.24) is 10.2 Å². The second-order valence-corrected chi connectivity index (χ2v) is 7.79. The Kier molecular flexibility index (Phi) is 5.18. The molecule has 0 bridgehead atoms. The van der Waals surface area contributed by atoms with Crippen molar-refractivity contribution >= 4 is 17.5 Å². The minimum Gasteiger partial charge on any atom is -0.341 e. The molecule has 2 aliphatic heterocycles. The van der Waals surface area contributed by atoms with Crippen LogP contribution in [0.15, 0.2) is 54.6 Å². The van der Waals surface area contributed by atoms with Gasteiger partial charge < -0.3 is 15.1 Å². The Morgan fingerprint density at radius 1 is 1.04 bits per heavy atom. The van der Waals surface area contributed by atoms with Gasteiger partial charge in [-0.15, -0.1) is 0 Å². The van der Waals surface area contributed by atoms with Gasteiger partial charge >= 0.3 is 0 Å². The highest BCUT2D eigenvalue weighted by atomic mass is 16.2. The Hall–Kier alpha value is -2.66. The van der Waals surface area contributed by atoms with Gasteiger partial charge in [-0.05, 0) is 36.6 Å². The molecule has 5 nitrogen and oxygen atoms in total. The first-order valence-corrected chi connectivity index (χ1v) is 10.0. The lowest BCUT2D eigenvalue weighted by atomic mass is 9.73. The number of carbonyl (C=O) groups is 2. The number of nitrogens with one attached hydrogen (secondary N) is 1. The predicted molar refractivity (Wildman–Crippen MR) is 110 cm³/mol. The highest BCUT2D eigenvalue weighted by Crippen LogP contribution is 2.45. The number of rotatable bonds is 4. The Bertz CT molecular complexity index is 859. The molecule has 1 N–H and O–H groups in total. The maximum atomic E-state index is 13.5. The third kappa shape index (κ3) is 3.31. The zero-order valence-electron chi connectivity index (χ0n) is 16.4. The van der Waals surface area contributed by atoms with Crippen LogP contribution < -0.4 is 10.2 Å². The molecule has 2 heterocycles. The van der Waals surface area contributed by atoms with Crippen molar-refractivity contribution in [3.05, 3.63) is 65.7 Å². The molecule has 2 aromatic rings. The van der Waals surface area contributed by atoms with Gasteiger partial charge in [0.2, 0.25) is 11.8 Å². The molecular weight excluding hydrogens is 350 g/mol. The number of para-hydroxylation sites is 1. The van der Waals surface area contributed by atoms with Gasteiger partial charge in [0.25, 0.3) is 0 Å². The molecule has 2 amide bonds. The molecule has 146 valence electrons. The zero-order chi connectivity index (χ0) is 19.6. The van der Waals surface area contributed by atoms with E-state index in [0.717, 1.165) is 42.9 Å².